The SMILES string of the molecule is CCn1c(C)nc2cc(NS(=O)(=O)c3ccccc3)cc(C(=O)NCCSC)c21. The van der Waals surface area contributed by atoms with Crippen molar-refractivity contribution < 1.29 is 13.2 Å². The van der Waals surface area contributed by atoms with Gasteiger partial charge in [0.15, 0.2) is 0 Å². The van der Waals surface area contributed by atoms with Crippen LogP contribution in [0.2, 0.25) is 0 Å². The number of hydrogen-bond acceptors (Lipinski definition) is 5. The molecule has 2 aromatic carbocycles. The van der Waals surface area contributed by atoms with Crippen molar-refractivity contribution in [2.24, 2.45) is 0 Å². The Bertz CT molecular complexity index is 1130. The van der Waals surface area contributed by atoms with Gasteiger partial charge in [0.05, 0.1) is 27.2 Å². The molecule has 0 aliphatic carbocycles. The number of rotatable bonds is 8. The summed E-state index contributed by atoms with van der Waals surface area (Å²) >= 11 is 1.64. The summed E-state index contributed by atoms with van der Waals surface area (Å²) in [4.78, 5) is 17.5. The Hall–Kier alpha value is -2.52. The van der Waals surface area contributed by atoms with Crippen molar-refractivity contribution in [1.29, 1.82) is 0 Å². The lowest BCUT2D eigenvalue weighted by Crippen LogP contribution is -2.26. The van der Waals surface area contributed by atoms with E-state index >= 15 is 0 Å². The summed E-state index contributed by atoms with van der Waals surface area (Å²) in [7, 11) is -3.77. The molecular weight excluding hydrogens is 408 g/mol. The first kappa shape index (κ1) is 21.2. The second-order valence-corrected chi connectivity index (χ2v) is 9.13. The maximum absolute atomic E-state index is 12.9. The lowest BCUT2D eigenvalue weighted by molar-refractivity contribution is 0.0957. The second-order valence-electron chi connectivity index (χ2n) is 6.46. The zero-order chi connectivity index (χ0) is 21.0. The molecular formula is C20H24N4O3S2. The van der Waals surface area contributed by atoms with E-state index in [2.05, 4.69) is 15.0 Å². The molecule has 0 fully saturated rings. The fourth-order valence-corrected chi connectivity index (χ4v) is 4.55. The highest BCUT2D eigenvalue weighted by molar-refractivity contribution is 7.98. The highest BCUT2D eigenvalue weighted by Crippen LogP contribution is 2.27. The minimum Gasteiger partial charge on any atom is -0.351 e. The van der Waals surface area contributed by atoms with Gasteiger partial charge in [-0.25, -0.2) is 13.4 Å². The number of aryl methyl sites for hydroxylation is 2. The van der Waals surface area contributed by atoms with Crippen molar-refractivity contribution in [3.05, 3.63) is 53.9 Å². The Morgan fingerprint density at radius 2 is 1.93 bits per heavy atom. The zero-order valence-electron chi connectivity index (χ0n) is 16.6. The van der Waals surface area contributed by atoms with Crippen molar-refractivity contribution in [2.75, 3.05) is 23.3 Å². The van der Waals surface area contributed by atoms with Gasteiger partial charge in [-0.15, -0.1) is 0 Å². The smallest absolute Gasteiger partial charge is 0.261 e. The number of imidazole rings is 1. The van der Waals surface area contributed by atoms with Crippen LogP contribution in [-0.4, -0.2) is 42.4 Å². The lowest BCUT2D eigenvalue weighted by Gasteiger charge is -2.13. The molecule has 0 aliphatic rings. The summed E-state index contributed by atoms with van der Waals surface area (Å²) in [5, 5.41) is 2.90. The Balaban J connectivity index is 2.06. The number of carbonyl (C=O) groups is 1. The molecule has 0 spiro atoms. The summed E-state index contributed by atoms with van der Waals surface area (Å²) in [6.07, 6.45) is 1.97. The van der Waals surface area contributed by atoms with E-state index in [1.807, 2.05) is 24.7 Å². The van der Waals surface area contributed by atoms with Crippen LogP contribution in [-0.2, 0) is 16.6 Å². The van der Waals surface area contributed by atoms with Crippen molar-refractivity contribution >= 4 is 44.4 Å². The first-order valence-electron chi connectivity index (χ1n) is 9.23. The third kappa shape index (κ3) is 4.56. The van der Waals surface area contributed by atoms with Crippen LogP contribution in [0, 0.1) is 6.92 Å². The molecule has 0 bridgehead atoms. The maximum atomic E-state index is 12.9. The van der Waals surface area contributed by atoms with Crippen LogP contribution in [0.1, 0.15) is 23.1 Å². The summed E-state index contributed by atoms with van der Waals surface area (Å²) in [6.45, 7) is 5.03. The quantitative estimate of drug-likeness (QED) is 0.533. The Kier molecular flexibility index (Phi) is 6.49. The van der Waals surface area contributed by atoms with Crippen LogP contribution < -0.4 is 10.0 Å². The first-order chi connectivity index (χ1) is 13.9. The van der Waals surface area contributed by atoms with Crippen LogP contribution in [0.5, 0.6) is 0 Å². The van der Waals surface area contributed by atoms with Gasteiger partial charge < -0.3 is 9.88 Å². The standard InChI is InChI=1S/C20H24N4O3S2/c1-4-24-14(2)22-18-13-15(23-29(26,27)16-8-6-5-7-9-16)12-17(19(18)24)20(25)21-10-11-28-3/h5-9,12-13,23H,4,10-11H2,1-3H3,(H,21,25). The van der Waals surface area contributed by atoms with Crippen LogP contribution in [0.4, 0.5) is 5.69 Å². The number of nitrogens with one attached hydrogen (secondary N) is 2. The highest BCUT2D eigenvalue weighted by Gasteiger charge is 2.20. The van der Waals surface area contributed by atoms with E-state index in [4.69, 9.17) is 0 Å². The maximum Gasteiger partial charge on any atom is 0.261 e. The molecule has 0 saturated heterocycles. The van der Waals surface area contributed by atoms with Gasteiger partial charge in [-0.05, 0) is 44.4 Å². The van der Waals surface area contributed by atoms with Crippen LogP contribution in [0.25, 0.3) is 11.0 Å². The van der Waals surface area contributed by atoms with Gasteiger partial charge in [-0.3, -0.25) is 9.52 Å². The molecule has 0 saturated carbocycles. The Morgan fingerprint density at radius 1 is 1.21 bits per heavy atom. The van der Waals surface area contributed by atoms with E-state index < -0.39 is 10.0 Å². The zero-order valence-corrected chi connectivity index (χ0v) is 18.2. The molecule has 1 aromatic heterocycles. The van der Waals surface area contributed by atoms with Crippen LogP contribution >= 0.6 is 11.8 Å². The minimum atomic E-state index is -3.77. The third-order valence-electron chi connectivity index (χ3n) is 4.49. The van der Waals surface area contributed by atoms with E-state index in [1.54, 1.807) is 42.1 Å². The van der Waals surface area contributed by atoms with Crippen molar-refractivity contribution in [3.8, 4) is 0 Å². The summed E-state index contributed by atoms with van der Waals surface area (Å²) < 4.78 is 30.0. The molecule has 154 valence electrons. The molecule has 3 rings (SSSR count). The van der Waals surface area contributed by atoms with E-state index in [0.29, 0.717) is 35.4 Å². The number of sulfonamides is 1. The predicted molar refractivity (Wildman–Crippen MR) is 118 cm³/mol. The molecule has 1 amide bonds. The fraction of sp³-hybridized carbons (Fsp3) is 0.300. The van der Waals surface area contributed by atoms with Gasteiger partial charge in [0.25, 0.3) is 15.9 Å². The molecule has 0 aliphatic heterocycles. The van der Waals surface area contributed by atoms with Gasteiger partial charge >= 0.3 is 0 Å². The molecule has 2 N–H and O–H groups in total. The number of carbonyl (C=O) groups excluding carboxylic acids is 1. The highest BCUT2D eigenvalue weighted by atomic mass is 32.2. The van der Waals surface area contributed by atoms with E-state index in [1.165, 1.54) is 12.1 Å². The number of amides is 1. The van der Waals surface area contributed by atoms with Gasteiger partial charge in [-0.2, -0.15) is 11.8 Å². The fourth-order valence-electron chi connectivity index (χ4n) is 3.18. The van der Waals surface area contributed by atoms with Crippen LogP contribution in [0.15, 0.2) is 47.4 Å². The lowest BCUT2D eigenvalue weighted by atomic mass is 10.1. The van der Waals surface area contributed by atoms with Crippen LogP contribution in [0.3, 0.4) is 0 Å². The van der Waals surface area contributed by atoms with E-state index in [-0.39, 0.29) is 10.8 Å². The number of anilines is 1. The first-order valence-corrected chi connectivity index (χ1v) is 12.1. The number of thioether (sulfide) groups is 1. The molecule has 0 radical (unpaired) electrons. The molecule has 0 atom stereocenters. The second kappa shape index (κ2) is 8.87. The van der Waals surface area contributed by atoms with Gasteiger partial charge in [-0.1, -0.05) is 18.2 Å². The molecule has 3 aromatic rings. The van der Waals surface area contributed by atoms with Gasteiger partial charge in [0.2, 0.25) is 0 Å². The van der Waals surface area contributed by atoms with E-state index in [9.17, 15) is 13.2 Å². The number of nitrogens with zero attached hydrogens (tertiary/aromatic N) is 2. The normalized spacial score (nSPS) is 11.6. The van der Waals surface area contributed by atoms with Gasteiger partial charge in [0, 0.05) is 18.8 Å². The largest absolute Gasteiger partial charge is 0.351 e. The topological polar surface area (TPSA) is 93.1 Å². The number of hydrogen-bond donors (Lipinski definition) is 2. The molecule has 7 nitrogen and oxygen atoms in total. The van der Waals surface area contributed by atoms with Crippen molar-refractivity contribution in [1.82, 2.24) is 14.9 Å². The summed E-state index contributed by atoms with van der Waals surface area (Å²) in [5.41, 5.74) is 1.98. The van der Waals surface area contributed by atoms with Crippen molar-refractivity contribution in [3.63, 3.8) is 0 Å². The average Bonchev–Trinajstić information content (AvgIpc) is 3.02. The number of aromatic nitrogens is 2. The molecule has 0 unspecified atom stereocenters. The Morgan fingerprint density at radius 3 is 2.59 bits per heavy atom. The van der Waals surface area contributed by atoms with Crippen molar-refractivity contribution in [2.45, 2.75) is 25.3 Å². The summed E-state index contributed by atoms with van der Waals surface area (Å²) in [5.74, 6) is 1.31. The van der Waals surface area contributed by atoms with Gasteiger partial charge in [0.1, 0.15) is 5.82 Å². The minimum absolute atomic E-state index is 0.154. The third-order valence-corrected chi connectivity index (χ3v) is 6.50. The number of fused-ring (bicyclic) bond motifs is 1. The Labute approximate surface area is 175 Å². The molecule has 29 heavy (non-hydrogen) atoms. The molecule has 9 heteroatoms. The average molecular weight is 433 g/mol. The molecule has 1 heterocycles. The monoisotopic (exact) mass is 432 g/mol. The number of benzene rings is 2. The predicted octanol–water partition coefficient (Wildman–Crippen LogP) is 3.26. The summed E-state index contributed by atoms with van der Waals surface area (Å²) in [6, 6.07) is 11.4. The van der Waals surface area contributed by atoms with E-state index in [0.717, 1.165) is 11.6 Å².